The van der Waals surface area contributed by atoms with Crippen molar-refractivity contribution in [2.75, 3.05) is 46.8 Å². The summed E-state index contributed by atoms with van der Waals surface area (Å²) in [6.45, 7) is 2.78. The maximum atomic E-state index is 12.7. The molecule has 0 atom stereocenters. The van der Waals surface area contributed by atoms with Crippen molar-refractivity contribution in [3.05, 3.63) is 89.6 Å². The Hall–Kier alpha value is -5.69. The number of rotatable bonds is 11. The fourth-order valence-corrected chi connectivity index (χ4v) is 5.45. The van der Waals surface area contributed by atoms with Gasteiger partial charge in [-0.15, -0.1) is 15.0 Å². The maximum Gasteiger partial charge on any atom is 0.418 e. The van der Waals surface area contributed by atoms with Crippen LogP contribution in [-0.2, 0) is 19.4 Å². The lowest BCUT2D eigenvalue weighted by Gasteiger charge is -2.29. The minimum atomic E-state index is -0.742. The Kier molecular flexibility index (Phi) is 9.43. The third-order valence-corrected chi connectivity index (χ3v) is 7.93. The summed E-state index contributed by atoms with van der Waals surface area (Å²) in [5, 5.41) is 15.9. The molecule has 3 aromatic carbocycles. The molecule has 5 aromatic rings. The van der Waals surface area contributed by atoms with Crippen LogP contribution in [0.5, 0.6) is 28.9 Å². The third kappa shape index (κ3) is 7.10. The van der Waals surface area contributed by atoms with Crippen LogP contribution in [0.2, 0.25) is 0 Å². The normalized spacial score (nSPS) is 12.6. The first kappa shape index (κ1) is 31.3. The summed E-state index contributed by atoms with van der Waals surface area (Å²) < 4.78 is 27.2. The van der Waals surface area contributed by atoms with Crippen molar-refractivity contribution in [3.8, 4) is 46.0 Å². The summed E-state index contributed by atoms with van der Waals surface area (Å²) >= 11 is 0. The van der Waals surface area contributed by atoms with Crippen LogP contribution in [0, 0.1) is 0 Å². The van der Waals surface area contributed by atoms with Crippen molar-refractivity contribution >= 4 is 11.8 Å². The minimum Gasteiger partial charge on any atom is -0.493 e. The Balaban J connectivity index is 1.14. The summed E-state index contributed by atoms with van der Waals surface area (Å²) in [6, 6.07) is 20.5. The molecule has 2 aromatic heterocycles. The average molecular weight is 638 g/mol. The van der Waals surface area contributed by atoms with Gasteiger partial charge in [0.1, 0.15) is 0 Å². The fourth-order valence-electron chi connectivity index (χ4n) is 5.45. The van der Waals surface area contributed by atoms with Crippen LogP contribution < -0.4 is 29.0 Å². The number of tetrazole rings is 1. The van der Waals surface area contributed by atoms with Gasteiger partial charge in [-0.25, -0.2) is 9.78 Å². The molecule has 1 N–H and O–H groups in total. The molecule has 0 radical (unpaired) electrons. The van der Waals surface area contributed by atoms with Crippen LogP contribution in [0.15, 0.2) is 72.9 Å². The van der Waals surface area contributed by atoms with Gasteiger partial charge in [0.2, 0.25) is 11.7 Å². The number of nitrogens with zero attached hydrogens (tertiary/aromatic N) is 6. The number of carbonyl (C=O) groups is 1. The molecular formula is C34H35N7O6. The molecule has 0 unspecified atom stereocenters. The molecule has 1 amide bonds. The van der Waals surface area contributed by atoms with Crippen molar-refractivity contribution in [2.24, 2.45) is 0 Å². The minimum absolute atomic E-state index is 0.155. The Bertz CT molecular complexity index is 1850. The Morgan fingerprint density at radius 1 is 0.851 bits per heavy atom. The quantitative estimate of drug-likeness (QED) is 0.210. The molecule has 6 rings (SSSR count). The molecule has 0 bridgehead atoms. The topological polar surface area (TPSA) is 135 Å². The first-order valence-electron chi connectivity index (χ1n) is 15.0. The lowest BCUT2D eigenvalue weighted by Crippen LogP contribution is -2.32. The Labute approximate surface area is 272 Å². The number of hydrogen-bond acceptors (Lipinski definition) is 11. The molecule has 1 aliphatic heterocycles. The van der Waals surface area contributed by atoms with Gasteiger partial charge in [0.25, 0.3) is 0 Å². The van der Waals surface area contributed by atoms with E-state index < -0.39 is 6.09 Å². The van der Waals surface area contributed by atoms with Crippen molar-refractivity contribution < 1.29 is 28.5 Å². The Morgan fingerprint density at radius 2 is 1.55 bits per heavy atom. The largest absolute Gasteiger partial charge is 0.493 e. The van der Waals surface area contributed by atoms with Gasteiger partial charge in [-0.2, -0.15) is 0 Å². The van der Waals surface area contributed by atoms with E-state index in [2.05, 4.69) is 54.9 Å². The number of benzene rings is 3. The van der Waals surface area contributed by atoms with Crippen LogP contribution in [0.3, 0.4) is 0 Å². The second kappa shape index (κ2) is 14.2. The molecule has 0 spiro atoms. The highest BCUT2D eigenvalue weighted by Gasteiger charge is 2.21. The van der Waals surface area contributed by atoms with Gasteiger partial charge in [-0.05, 0) is 71.1 Å². The molecule has 13 nitrogen and oxygen atoms in total. The zero-order valence-electron chi connectivity index (χ0n) is 26.6. The summed E-state index contributed by atoms with van der Waals surface area (Å²) in [7, 11) is 6.36. The number of methoxy groups -OCH3 is 4. The molecule has 1 aliphatic rings. The zero-order valence-corrected chi connectivity index (χ0v) is 26.6. The van der Waals surface area contributed by atoms with E-state index in [9.17, 15) is 4.79 Å². The van der Waals surface area contributed by atoms with Crippen LogP contribution in [0.25, 0.3) is 17.1 Å². The first-order valence-corrected chi connectivity index (χ1v) is 15.0. The van der Waals surface area contributed by atoms with E-state index in [0.717, 1.165) is 49.7 Å². The fraction of sp³-hybridized carbons (Fsp3) is 0.265. The highest BCUT2D eigenvalue weighted by Crippen LogP contribution is 2.38. The third-order valence-electron chi connectivity index (χ3n) is 7.93. The number of nitrogens with one attached hydrogen (secondary N) is 1. The molecule has 0 saturated heterocycles. The lowest BCUT2D eigenvalue weighted by molar-refractivity contribution is 0.213. The second-order valence-electron chi connectivity index (χ2n) is 10.8. The van der Waals surface area contributed by atoms with Crippen LogP contribution in [-0.4, -0.2) is 77.7 Å². The number of pyridine rings is 1. The van der Waals surface area contributed by atoms with E-state index in [0.29, 0.717) is 22.7 Å². The van der Waals surface area contributed by atoms with E-state index in [1.807, 2.05) is 12.1 Å². The molecular weight excluding hydrogens is 602 g/mol. The predicted molar refractivity (Wildman–Crippen MR) is 174 cm³/mol. The highest BCUT2D eigenvalue weighted by molar-refractivity contribution is 5.92. The summed E-state index contributed by atoms with van der Waals surface area (Å²) in [4.78, 5) is 20.6. The number of amides is 1. The zero-order chi connectivity index (χ0) is 32.8. The number of ether oxygens (including phenoxy) is 5. The van der Waals surface area contributed by atoms with E-state index >= 15 is 0 Å². The lowest BCUT2D eigenvalue weighted by atomic mass is 9.98. The van der Waals surface area contributed by atoms with E-state index in [4.69, 9.17) is 23.7 Å². The number of carbonyl (C=O) groups excluding carboxylic acids is 1. The Morgan fingerprint density at radius 3 is 2.26 bits per heavy atom. The predicted octanol–water partition coefficient (Wildman–Crippen LogP) is 4.97. The molecule has 0 fully saturated rings. The summed E-state index contributed by atoms with van der Waals surface area (Å²) in [6.07, 6.45) is 2.66. The van der Waals surface area contributed by atoms with Gasteiger partial charge < -0.3 is 23.7 Å². The van der Waals surface area contributed by atoms with Crippen molar-refractivity contribution in [1.82, 2.24) is 30.1 Å². The van der Waals surface area contributed by atoms with E-state index in [-0.39, 0.29) is 11.7 Å². The van der Waals surface area contributed by atoms with Gasteiger partial charge in [0.05, 0.1) is 45.4 Å². The van der Waals surface area contributed by atoms with E-state index in [1.165, 1.54) is 41.9 Å². The number of fused-ring (bicyclic) bond motifs is 1. The molecule has 13 heteroatoms. The van der Waals surface area contributed by atoms with Gasteiger partial charge >= 0.3 is 6.09 Å². The van der Waals surface area contributed by atoms with Crippen molar-refractivity contribution in [3.63, 3.8) is 0 Å². The molecule has 242 valence electrons. The van der Waals surface area contributed by atoms with Gasteiger partial charge in [0.15, 0.2) is 23.0 Å². The molecule has 47 heavy (non-hydrogen) atoms. The van der Waals surface area contributed by atoms with E-state index in [1.54, 1.807) is 44.6 Å². The smallest absolute Gasteiger partial charge is 0.418 e. The van der Waals surface area contributed by atoms with Gasteiger partial charge in [-0.1, -0.05) is 18.2 Å². The molecule has 0 saturated carbocycles. The second-order valence-corrected chi connectivity index (χ2v) is 10.8. The molecule has 3 heterocycles. The maximum absolute atomic E-state index is 12.7. The van der Waals surface area contributed by atoms with Crippen molar-refractivity contribution in [1.29, 1.82) is 0 Å². The van der Waals surface area contributed by atoms with Crippen LogP contribution in [0.1, 0.15) is 16.7 Å². The summed E-state index contributed by atoms with van der Waals surface area (Å²) in [5.74, 6) is 2.79. The number of aromatic nitrogens is 5. The van der Waals surface area contributed by atoms with Gasteiger partial charge in [0, 0.05) is 38.0 Å². The SMILES string of the molecule is COc1cc2c(cc1OC)CN(CCc1ccc(-n3nnc(-c4cc(OC)c(OC)cc4NC(=O)Oc4ccccn4)n3)cc1)CC2. The number of anilines is 1. The molecule has 0 aliphatic carbocycles. The van der Waals surface area contributed by atoms with Crippen molar-refractivity contribution in [2.45, 2.75) is 19.4 Å². The highest BCUT2D eigenvalue weighted by atomic mass is 16.6. The summed E-state index contributed by atoms with van der Waals surface area (Å²) in [5.41, 5.74) is 5.33. The number of hydrogen-bond donors (Lipinski definition) is 1. The first-order chi connectivity index (χ1) is 23.0. The van der Waals surface area contributed by atoms with Crippen LogP contribution >= 0.6 is 0 Å². The van der Waals surface area contributed by atoms with Gasteiger partial charge in [-0.3, -0.25) is 10.2 Å². The van der Waals surface area contributed by atoms with Crippen LogP contribution in [0.4, 0.5) is 10.5 Å². The average Bonchev–Trinajstić information content (AvgIpc) is 3.60. The standard InChI is InChI=1S/C34H35N7O6/c1-43-28-17-23-13-16-40(21-24(23)18-29(28)44-2)15-12-22-8-10-25(11-9-22)41-38-33(37-39-41)26-19-30(45-3)31(46-4)20-27(26)36-34(42)47-32-7-5-6-14-35-32/h5-11,14,17-20H,12-13,15-16,21H2,1-4H3,(H,36,42). The monoisotopic (exact) mass is 637 g/mol.